The van der Waals surface area contributed by atoms with Gasteiger partial charge in [-0.2, -0.15) is 0 Å². The lowest BCUT2D eigenvalue weighted by atomic mass is 9.98. The van der Waals surface area contributed by atoms with Crippen molar-refractivity contribution >= 4 is 23.9 Å². The quantitative estimate of drug-likeness (QED) is 0.102. The van der Waals surface area contributed by atoms with Crippen molar-refractivity contribution in [2.75, 3.05) is 19.8 Å². The first kappa shape index (κ1) is 39.7. The minimum Gasteiger partial charge on any atom is -0.489 e. The van der Waals surface area contributed by atoms with E-state index in [9.17, 15) is 24.3 Å². The zero-order valence-electron chi connectivity index (χ0n) is 31.5. The molecule has 2 aliphatic rings. The van der Waals surface area contributed by atoms with Crippen LogP contribution in [0, 0.1) is 5.92 Å². The third kappa shape index (κ3) is 10.8. The molecule has 4 aromatic rings. The summed E-state index contributed by atoms with van der Waals surface area (Å²) in [7, 11) is 0. The molecular weight excluding hydrogens is 711 g/mol. The number of alkyl carbamates (subject to hydrolysis) is 1. The number of aliphatic hydroxyl groups excluding tert-OH is 1. The highest BCUT2D eigenvalue weighted by Crippen LogP contribution is 2.44. The number of amides is 3. The van der Waals surface area contributed by atoms with Gasteiger partial charge in [-0.15, -0.1) is 0 Å². The topological polar surface area (TPSA) is 152 Å². The lowest BCUT2D eigenvalue weighted by molar-refractivity contribution is -0.147. The lowest BCUT2D eigenvalue weighted by Gasteiger charge is -2.22. The number of cyclic esters (lactones) is 1. The van der Waals surface area contributed by atoms with Gasteiger partial charge in [0.1, 0.15) is 31.6 Å². The van der Waals surface area contributed by atoms with Gasteiger partial charge in [0.25, 0.3) is 0 Å². The Kier molecular flexibility index (Phi) is 13.9. The Bertz CT molecular complexity index is 1940. The lowest BCUT2D eigenvalue weighted by Crippen LogP contribution is -2.45. The Balaban J connectivity index is 0.990. The van der Waals surface area contributed by atoms with E-state index in [2.05, 4.69) is 28.1 Å². The van der Waals surface area contributed by atoms with Crippen LogP contribution in [0.4, 0.5) is 4.79 Å². The van der Waals surface area contributed by atoms with Crippen molar-refractivity contribution in [2.45, 2.75) is 69.7 Å². The van der Waals surface area contributed by atoms with E-state index in [1.54, 1.807) is 13.0 Å². The van der Waals surface area contributed by atoms with E-state index in [1.165, 1.54) is 0 Å². The number of carbonyl (C=O) groups is 4. The average Bonchev–Trinajstić information content (AvgIpc) is 3.54. The van der Waals surface area contributed by atoms with Crippen LogP contribution in [-0.4, -0.2) is 66.9 Å². The summed E-state index contributed by atoms with van der Waals surface area (Å²) < 4.78 is 17.1. The van der Waals surface area contributed by atoms with E-state index in [0.29, 0.717) is 25.2 Å². The third-order valence-corrected chi connectivity index (χ3v) is 10.0. The number of fused-ring (bicyclic) bond motifs is 3. The van der Waals surface area contributed by atoms with Gasteiger partial charge in [-0.1, -0.05) is 103 Å². The predicted molar refractivity (Wildman–Crippen MR) is 212 cm³/mol. The maximum Gasteiger partial charge on any atom is 0.407 e. The molecule has 0 spiro atoms. The monoisotopic (exact) mass is 759 g/mol. The van der Waals surface area contributed by atoms with Crippen molar-refractivity contribution in [2.24, 2.45) is 5.92 Å². The SMILES string of the molecule is C[C@H]1COC(=O)[C@@H](NC(=O)OCC2c3ccccc3-c3ccccc32)CCC=CC[C@H](CC(=O)N[C@H](CO)Cc2ccc(OCc3ccccc3)cc2)C(=O)N1. The van der Waals surface area contributed by atoms with Crippen LogP contribution < -0.4 is 20.7 Å². The normalized spacial score (nSPS) is 19.1. The van der Waals surface area contributed by atoms with Gasteiger partial charge in [-0.3, -0.25) is 9.59 Å². The molecule has 0 saturated heterocycles. The molecule has 0 bridgehead atoms. The van der Waals surface area contributed by atoms with Gasteiger partial charge in [-0.25, -0.2) is 9.59 Å². The predicted octanol–water partition coefficient (Wildman–Crippen LogP) is 5.99. The number of benzene rings is 4. The molecule has 11 nitrogen and oxygen atoms in total. The number of rotatable bonds is 12. The molecule has 4 aromatic carbocycles. The van der Waals surface area contributed by atoms with E-state index in [4.69, 9.17) is 14.2 Å². The molecule has 0 radical (unpaired) electrons. The van der Waals surface area contributed by atoms with E-state index in [0.717, 1.165) is 33.4 Å². The minimum absolute atomic E-state index is 0.0998. The van der Waals surface area contributed by atoms with Crippen LogP contribution in [0.2, 0.25) is 0 Å². The number of nitrogens with one attached hydrogen (secondary N) is 3. The number of esters is 1. The van der Waals surface area contributed by atoms with Gasteiger partial charge in [-0.05, 0) is 78.1 Å². The van der Waals surface area contributed by atoms with Crippen LogP contribution in [-0.2, 0) is 36.9 Å². The van der Waals surface area contributed by atoms with Crippen LogP contribution in [0.1, 0.15) is 60.8 Å². The first-order valence-electron chi connectivity index (χ1n) is 19.2. The number of hydrogen-bond acceptors (Lipinski definition) is 8. The molecule has 3 amide bonds. The molecule has 292 valence electrons. The van der Waals surface area contributed by atoms with Crippen molar-refractivity contribution in [3.8, 4) is 16.9 Å². The van der Waals surface area contributed by atoms with Gasteiger partial charge >= 0.3 is 12.1 Å². The molecule has 0 fully saturated rings. The standard InChI is InChI=1S/C45H49N3O8/c1-30-27-55-44(52)41(48-45(53)56-29-40-38-17-10-8-15-36(38)37-16-9-11-18-39(37)40)19-7-3-6-14-33(43(51)46-30)25-42(50)47-34(26-49)24-31-20-22-35(23-21-31)54-28-32-12-4-2-5-13-32/h2-6,8-13,15-18,20-23,30,33-34,40-41,49H,7,14,19,24-29H2,1H3,(H,46,51)(H,47,50)(H,48,53)/t30-,33+,34-,41-/m0/s1. The highest BCUT2D eigenvalue weighted by molar-refractivity contribution is 5.86. The summed E-state index contributed by atoms with van der Waals surface area (Å²) in [5, 5.41) is 18.5. The molecule has 11 heteroatoms. The largest absolute Gasteiger partial charge is 0.489 e. The minimum atomic E-state index is -0.964. The fraction of sp³-hybridized carbons (Fsp3) is 0.333. The van der Waals surface area contributed by atoms with Gasteiger partial charge in [0.15, 0.2) is 0 Å². The Morgan fingerprint density at radius 2 is 1.55 bits per heavy atom. The van der Waals surface area contributed by atoms with Crippen molar-refractivity contribution in [1.29, 1.82) is 0 Å². The van der Waals surface area contributed by atoms with Crippen LogP contribution in [0.15, 0.2) is 115 Å². The summed E-state index contributed by atoms with van der Waals surface area (Å²) in [6.45, 7) is 1.86. The van der Waals surface area contributed by atoms with Crippen molar-refractivity contribution in [3.63, 3.8) is 0 Å². The number of hydrogen-bond donors (Lipinski definition) is 4. The number of allylic oxidation sites excluding steroid dienone is 2. The molecule has 0 saturated carbocycles. The van der Waals surface area contributed by atoms with Crippen LogP contribution >= 0.6 is 0 Å². The van der Waals surface area contributed by atoms with E-state index >= 15 is 0 Å². The first-order valence-corrected chi connectivity index (χ1v) is 19.2. The third-order valence-electron chi connectivity index (χ3n) is 10.0. The fourth-order valence-corrected chi connectivity index (χ4v) is 7.08. The van der Waals surface area contributed by atoms with E-state index in [1.807, 2.05) is 97.1 Å². The highest BCUT2D eigenvalue weighted by atomic mass is 16.6. The first-order chi connectivity index (χ1) is 27.3. The summed E-state index contributed by atoms with van der Waals surface area (Å²) in [4.78, 5) is 52.6. The number of ether oxygens (including phenoxy) is 3. The van der Waals surface area contributed by atoms with Gasteiger partial charge in [0, 0.05) is 12.3 Å². The van der Waals surface area contributed by atoms with E-state index < -0.39 is 36.1 Å². The molecule has 4 N–H and O–H groups in total. The van der Waals surface area contributed by atoms with Crippen molar-refractivity contribution in [1.82, 2.24) is 16.0 Å². The second-order valence-electron chi connectivity index (χ2n) is 14.3. The second kappa shape index (κ2) is 19.6. The summed E-state index contributed by atoms with van der Waals surface area (Å²) in [6, 6.07) is 31.4. The Morgan fingerprint density at radius 3 is 2.25 bits per heavy atom. The van der Waals surface area contributed by atoms with Crippen LogP contribution in [0.5, 0.6) is 5.75 Å². The van der Waals surface area contributed by atoms with Gasteiger partial charge in [0.05, 0.1) is 24.6 Å². The maximum absolute atomic E-state index is 13.3. The molecule has 6 rings (SSSR count). The Morgan fingerprint density at radius 1 is 0.875 bits per heavy atom. The number of aliphatic hydroxyl groups is 1. The summed E-state index contributed by atoms with van der Waals surface area (Å²) in [5.74, 6) is -1.46. The second-order valence-corrected chi connectivity index (χ2v) is 14.3. The van der Waals surface area contributed by atoms with Crippen LogP contribution in [0.25, 0.3) is 11.1 Å². The van der Waals surface area contributed by atoms with Crippen molar-refractivity contribution in [3.05, 3.63) is 138 Å². The molecule has 1 aliphatic carbocycles. The molecule has 1 heterocycles. The zero-order chi connectivity index (χ0) is 39.3. The fourth-order valence-electron chi connectivity index (χ4n) is 7.08. The van der Waals surface area contributed by atoms with Crippen LogP contribution in [0.3, 0.4) is 0 Å². The average molecular weight is 760 g/mol. The van der Waals surface area contributed by atoms with E-state index in [-0.39, 0.29) is 56.8 Å². The summed E-state index contributed by atoms with van der Waals surface area (Å²) in [5.41, 5.74) is 6.37. The Hall–Kier alpha value is -5.94. The highest BCUT2D eigenvalue weighted by Gasteiger charge is 2.31. The van der Waals surface area contributed by atoms with Gasteiger partial charge in [0.2, 0.25) is 11.8 Å². The van der Waals surface area contributed by atoms with Gasteiger partial charge < -0.3 is 35.3 Å². The molecule has 1 aliphatic heterocycles. The Labute approximate surface area is 327 Å². The van der Waals surface area contributed by atoms with Crippen molar-refractivity contribution < 1.29 is 38.5 Å². The smallest absolute Gasteiger partial charge is 0.407 e. The maximum atomic E-state index is 13.3. The number of carbonyl (C=O) groups excluding carboxylic acids is 4. The molecule has 0 aromatic heterocycles. The summed E-state index contributed by atoms with van der Waals surface area (Å²) in [6.07, 6.45) is 4.13. The summed E-state index contributed by atoms with van der Waals surface area (Å²) >= 11 is 0. The zero-order valence-corrected chi connectivity index (χ0v) is 31.5. The molecule has 0 unspecified atom stereocenters. The molecular formula is C45H49N3O8. The molecule has 56 heavy (non-hydrogen) atoms. The molecule has 4 atom stereocenters.